The highest BCUT2D eigenvalue weighted by atomic mass is 32.2. The summed E-state index contributed by atoms with van der Waals surface area (Å²) >= 11 is 1.81. The molecule has 3 rings (SSSR count). The summed E-state index contributed by atoms with van der Waals surface area (Å²) in [4.78, 5) is 15.2. The first-order chi connectivity index (χ1) is 10.9. The van der Waals surface area contributed by atoms with E-state index in [4.69, 9.17) is 10.5 Å². The molecule has 4 nitrogen and oxygen atoms in total. The summed E-state index contributed by atoms with van der Waals surface area (Å²) in [5, 5.41) is 0.232. The van der Waals surface area contributed by atoms with Gasteiger partial charge >= 0.3 is 0 Å². The maximum absolute atomic E-state index is 11.5. The Morgan fingerprint density at radius 1 is 1.43 bits per heavy atom. The van der Waals surface area contributed by atoms with Gasteiger partial charge in [-0.25, -0.2) is 0 Å². The molecule has 0 aromatic heterocycles. The number of amides is 1. The van der Waals surface area contributed by atoms with E-state index >= 15 is 0 Å². The average molecular weight is 332 g/mol. The Balaban J connectivity index is 2.00. The second-order valence-corrected chi connectivity index (χ2v) is 7.72. The first kappa shape index (κ1) is 16.4. The van der Waals surface area contributed by atoms with Crippen molar-refractivity contribution in [1.82, 2.24) is 4.90 Å². The molecule has 0 aliphatic carbocycles. The van der Waals surface area contributed by atoms with Crippen LogP contribution in [0.1, 0.15) is 44.6 Å². The molecule has 1 aromatic carbocycles. The quantitative estimate of drug-likeness (QED) is 0.918. The van der Waals surface area contributed by atoms with Crippen molar-refractivity contribution in [3.8, 4) is 0 Å². The Morgan fingerprint density at radius 2 is 2.13 bits per heavy atom. The number of carbonyl (C=O) groups is 1. The predicted molar refractivity (Wildman–Crippen MR) is 93.6 cm³/mol. The second kappa shape index (κ2) is 6.21. The molecule has 5 heteroatoms. The standard InChI is InChI=1S/C18H24N2O2S/c1-12(2)20-14-9-10-22-18(3,11-15(19)21)16(14)23-17(20)13-7-5-4-6-8-13/h4-8,12,17H,9-11H2,1-3H3,(H2,19,21). The first-order valence-electron chi connectivity index (χ1n) is 8.08. The SMILES string of the molecule is CC(C)N1C2=C(SC1c1ccccc1)C(C)(CC(N)=O)OCC2. The van der Waals surface area contributed by atoms with Crippen LogP contribution in [0.2, 0.25) is 0 Å². The smallest absolute Gasteiger partial charge is 0.220 e. The van der Waals surface area contributed by atoms with Crippen LogP contribution >= 0.6 is 11.8 Å². The van der Waals surface area contributed by atoms with Crippen LogP contribution in [0.15, 0.2) is 40.9 Å². The molecule has 2 aliphatic rings. The molecule has 2 aliphatic heterocycles. The maximum atomic E-state index is 11.5. The number of rotatable bonds is 4. The van der Waals surface area contributed by atoms with E-state index in [1.807, 2.05) is 13.0 Å². The van der Waals surface area contributed by atoms with Crippen molar-refractivity contribution in [3.63, 3.8) is 0 Å². The van der Waals surface area contributed by atoms with Crippen molar-refractivity contribution in [2.75, 3.05) is 6.61 Å². The van der Waals surface area contributed by atoms with Gasteiger partial charge in [-0.15, -0.1) is 0 Å². The Labute approximate surface area is 142 Å². The minimum absolute atomic E-state index is 0.228. The van der Waals surface area contributed by atoms with Gasteiger partial charge in [0, 0.05) is 23.1 Å². The topological polar surface area (TPSA) is 55.6 Å². The van der Waals surface area contributed by atoms with Crippen LogP contribution in [-0.4, -0.2) is 29.1 Å². The summed E-state index contributed by atoms with van der Waals surface area (Å²) < 4.78 is 6.00. The molecule has 0 spiro atoms. The molecule has 2 unspecified atom stereocenters. The lowest BCUT2D eigenvalue weighted by atomic mass is 9.95. The van der Waals surface area contributed by atoms with Crippen LogP contribution in [-0.2, 0) is 9.53 Å². The zero-order valence-electron chi connectivity index (χ0n) is 13.9. The number of hydrogen-bond donors (Lipinski definition) is 1. The van der Waals surface area contributed by atoms with Gasteiger partial charge in [0.1, 0.15) is 11.0 Å². The molecular formula is C18H24N2O2S. The maximum Gasteiger partial charge on any atom is 0.220 e. The summed E-state index contributed by atoms with van der Waals surface area (Å²) in [6.07, 6.45) is 1.12. The fourth-order valence-electron chi connectivity index (χ4n) is 3.50. The van der Waals surface area contributed by atoms with E-state index < -0.39 is 5.60 Å². The van der Waals surface area contributed by atoms with Gasteiger partial charge in [-0.05, 0) is 26.3 Å². The predicted octanol–water partition coefficient (Wildman–Crippen LogP) is 3.41. The van der Waals surface area contributed by atoms with Crippen LogP contribution in [0.5, 0.6) is 0 Å². The molecule has 0 saturated heterocycles. The normalized spacial score (nSPS) is 27.5. The third kappa shape index (κ3) is 3.00. The van der Waals surface area contributed by atoms with Crippen LogP contribution in [0.4, 0.5) is 0 Å². The van der Waals surface area contributed by atoms with Crippen LogP contribution in [0, 0.1) is 0 Å². The highest BCUT2D eigenvalue weighted by molar-refractivity contribution is 8.03. The Kier molecular flexibility index (Phi) is 4.43. The van der Waals surface area contributed by atoms with Crippen molar-refractivity contribution in [3.05, 3.63) is 46.5 Å². The Morgan fingerprint density at radius 3 is 2.74 bits per heavy atom. The molecular weight excluding hydrogens is 308 g/mol. The van der Waals surface area contributed by atoms with E-state index in [9.17, 15) is 4.79 Å². The van der Waals surface area contributed by atoms with Crippen molar-refractivity contribution < 1.29 is 9.53 Å². The summed E-state index contributed by atoms with van der Waals surface area (Å²) in [7, 11) is 0. The third-order valence-electron chi connectivity index (χ3n) is 4.45. The minimum Gasteiger partial charge on any atom is -0.370 e. The number of thioether (sulfide) groups is 1. The van der Waals surface area contributed by atoms with Crippen molar-refractivity contribution >= 4 is 17.7 Å². The Hall–Kier alpha value is -1.46. The number of ether oxygens (including phenoxy) is 1. The lowest BCUT2D eigenvalue weighted by Crippen LogP contribution is -2.40. The summed E-state index contributed by atoms with van der Waals surface area (Å²) in [6, 6.07) is 10.9. The number of primary amides is 1. The highest BCUT2D eigenvalue weighted by Crippen LogP contribution is 2.56. The first-order valence-corrected chi connectivity index (χ1v) is 8.96. The van der Waals surface area contributed by atoms with Crippen molar-refractivity contribution in [1.29, 1.82) is 0 Å². The fraction of sp³-hybridized carbons (Fsp3) is 0.500. The van der Waals surface area contributed by atoms with Gasteiger partial charge in [0.2, 0.25) is 5.91 Å². The van der Waals surface area contributed by atoms with Gasteiger partial charge < -0.3 is 15.4 Å². The molecule has 0 saturated carbocycles. The minimum atomic E-state index is -0.596. The lowest BCUT2D eigenvalue weighted by molar-refractivity contribution is -0.123. The van der Waals surface area contributed by atoms with Crippen LogP contribution in [0.3, 0.4) is 0 Å². The third-order valence-corrected chi connectivity index (χ3v) is 6.07. The van der Waals surface area contributed by atoms with Crippen LogP contribution in [0.25, 0.3) is 0 Å². The lowest BCUT2D eigenvalue weighted by Gasteiger charge is -2.37. The van der Waals surface area contributed by atoms with Gasteiger partial charge in [0.15, 0.2) is 0 Å². The van der Waals surface area contributed by atoms with Crippen LogP contribution < -0.4 is 5.73 Å². The number of nitrogens with zero attached hydrogens (tertiary/aromatic N) is 1. The molecule has 1 amide bonds. The van der Waals surface area contributed by atoms with E-state index in [2.05, 4.69) is 43.0 Å². The fourth-order valence-corrected chi connectivity index (χ4v) is 5.22. The summed E-state index contributed by atoms with van der Waals surface area (Å²) in [6.45, 7) is 7.06. The molecule has 2 N–H and O–H groups in total. The van der Waals surface area contributed by atoms with E-state index in [1.54, 1.807) is 11.8 Å². The molecule has 0 bridgehead atoms. The molecule has 23 heavy (non-hydrogen) atoms. The molecule has 2 heterocycles. The molecule has 1 aromatic rings. The van der Waals surface area contributed by atoms with E-state index in [0.717, 1.165) is 6.42 Å². The molecule has 0 radical (unpaired) electrons. The highest BCUT2D eigenvalue weighted by Gasteiger charge is 2.46. The van der Waals surface area contributed by atoms with Gasteiger partial charge in [-0.1, -0.05) is 42.1 Å². The molecule has 0 fully saturated rings. The van der Waals surface area contributed by atoms with E-state index in [0.29, 0.717) is 12.6 Å². The van der Waals surface area contributed by atoms with Gasteiger partial charge in [0.05, 0.1) is 13.0 Å². The Bertz CT molecular complexity index is 629. The zero-order chi connectivity index (χ0) is 16.6. The number of hydrogen-bond acceptors (Lipinski definition) is 4. The second-order valence-electron chi connectivity index (χ2n) is 6.63. The van der Waals surface area contributed by atoms with E-state index in [-0.39, 0.29) is 17.7 Å². The van der Waals surface area contributed by atoms with E-state index in [1.165, 1.54) is 16.2 Å². The number of carbonyl (C=O) groups excluding carboxylic acids is 1. The molecule has 2 atom stereocenters. The van der Waals surface area contributed by atoms with Crippen molar-refractivity contribution in [2.45, 2.75) is 50.6 Å². The molecule has 124 valence electrons. The zero-order valence-corrected chi connectivity index (χ0v) is 14.7. The van der Waals surface area contributed by atoms with Gasteiger partial charge in [-0.2, -0.15) is 0 Å². The summed E-state index contributed by atoms with van der Waals surface area (Å²) in [5.74, 6) is -0.318. The monoisotopic (exact) mass is 332 g/mol. The largest absolute Gasteiger partial charge is 0.370 e. The number of nitrogens with two attached hydrogens (primary N) is 1. The number of benzene rings is 1. The van der Waals surface area contributed by atoms with Gasteiger partial charge in [0.25, 0.3) is 0 Å². The summed E-state index contributed by atoms with van der Waals surface area (Å²) in [5.41, 5.74) is 7.46. The van der Waals surface area contributed by atoms with Gasteiger partial charge in [-0.3, -0.25) is 4.79 Å². The van der Waals surface area contributed by atoms with Crippen molar-refractivity contribution in [2.24, 2.45) is 5.73 Å². The average Bonchev–Trinajstić information content (AvgIpc) is 2.88.